The molecule has 0 aliphatic heterocycles. The summed E-state index contributed by atoms with van der Waals surface area (Å²) in [4.78, 5) is 15.6. The summed E-state index contributed by atoms with van der Waals surface area (Å²) in [5.74, 6) is 0.136. The summed E-state index contributed by atoms with van der Waals surface area (Å²) in [7, 11) is 0. The van der Waals surface area contributed by atoms with E-state index in [1.165, 1.54) is 6.20 Å². The summed E-state index contributed by atoms with van der Waals surface area (Å²) in [6.45, 7) is 1.91. The van der Waals surface area contributed by atoms with Crippen molar-refractivity contribution in [1.29, 1.82) is 0 Å². The maximum Gasteiger partial charge on any atom is 0.278 e. The fraction of sp³-hybridized carbons (Fsp3) is 0.111. The molecule has 2 rings (SSSR count). The molecule has 0 fully saturated rings. The van der Waals surface area contributed by atoms with Crippen LogP contribution < -0.4 is 5.32 Å². The van der Waals surface area contributed by atoms with Gasteiger partial charge < -0.3 is 5.32 Å². The first kappa shape index (κ1) is 10.7. The zero-order chi connectivity index (χ0) is 11.5. The number of carbonyl (C=O) groups excluding carboxylic acids is 1. The number of hydrogen-bond acceptors (Lipinski definition) is 4. The van der Waals surface area contributed by atoms with E-state index in [1.807, 2.05) is 6.92 Å². The van der Waals surface area contributed by atoms with E-state index in [1.54, 1.807) is 12.3 Å². The van der Waals surface area contributed by atoms with Crippen LogP contribution in [-0.2, 0) is 0 Å². The van der Waals surface area contributed by atoms with Crippen LogP contribution in [0.15, 0.2) is 22.9 Å². The van der Waals surface area contributed by atoms with Crippen LogP contribution in [0.4, 0.5) is 5.82 Å². The Morgan fingerprint density at radius 1 is 1.50 bits per heavy atom. The highest BCUT2D eigenvalue weighted by Crippen LogP contribution is 2.17. The Hall–Kier alpha value is -1.76. The molecule has 0 aliphatic carbocycles. The average molecular weight is 282 g/mol. The number of aryl methyl sites for hydroxylation is 1. The molecule has 0 bridgehead atoms. The van der Waals surface area contributed by atoms with Crippen molar-refractivity contribution in [2.45, 2.75) is 6.92 Å². The van der Waals surface area contributed by atoms with Crippen molar-refractivity contribution >= 4 is 27.7 Å². The predicted octanol–water partition coefficient (Wildman–Crippen LogP) is 1.52. The van der Waals surface area contributed by atoms with Crippen LogP contribution in [0.1, 0.15) is 16.1 Å². The number of hydrogen-bond donors (Lipinski definition) is 2. The van der Waals surface area contributed by atoms with E-state index >= 15 is 0 Å². The number of rotatable bonds is 2. The lowest BCUT2D eigenvalue weighted by Gasteiger charge is -2.03. The molecule has 82 valence electrons. The Kier molecular flexibility index (Phi) is 2.95. The highest BCUT2D eigenvalue weighted by atomic mass is 79.9. The van der Waals surface area contributed by atoms with E-state index in [2.05, 4.69) is 41.6 Å². The molecule has 16 heavy (non-hydrogen) atoms. The second-order valence-electron chi connectivity index (χ2n) is 3.13. The summed E-state index contributed by atoms with van der Waals surface area (Å²) >= 11 is 3.33. The van der Waals surface area contributed by atoms with Gasteiger partial charge in [0, 0.05) is 10.7 Å². The molecule has 0 saturated heterocycles. The highest BCUT2D eigenvalue weighted by Gasteiger charge is 2.09. The largest absolute Gasteiger partial charge is 0.305 e. The Balaban J connectivity index is 2.15. The fourth-order valence-electron chi connectivity index (χ4n) is 1.10. The van der Waals surface area contributed by atoms with Gasteiger partial charge >= 0.3 is 0 Å². The zero-order valence-corrected chi connectivity index (χ0v) is 9.95. The Bertz CT molecular complexity index is 511. The van der Waals surface area contributed by atoms with Crippen LogP contribution in [0.25, 0.3) is 0 Å². The summed E-state index contributed by atoms with van der Waals surface area (Å²) in [5, 5.41) is 12.2. The number of nitrogens with zero attached hydrogens (tertiary/aromatic N) is 3. The van der Waals surface area contributed by atoms with Crippen LogP contribution in [0, 0.1) is 6.92 Å². The second kappa shape index (κ2) is 4.40. The average Bonchev–Trinajstić information content (AvgIpc) is 2.77. The van der Waals surface area contributed by atoms with Gasteiger partial charge in [0.15, 0.2) is 5.69 Å². The van der Waals surface area contributed by atoms with Crippen molar-refractivity contribution in [3.63, 3.8) is 0 Å². The van der Waals surface area contributed by atoms with Gasteiger partial charge in [-0.1, -0.05) is 0 Å². The molecule has 2 N–H and O–H groups in total. The zero-order valence-electron chi connectivity index (χ0n) is 8.36. The molecule has 2 heterocycles. The third kappa shape index (κ3) is 2.25. The maximum atomic E-state index is 11.6. The van der Waals surface area contributed by atoms with Gasteiger partial charge in [-0.05, 0) is 34.5 Å². The summed E-state index contributed by atoms with van der Waals surface area (Å²) < 4.78 is 0.895. The normalized spacial score (nSPS) is 10.1. The van der Waals surface area contributed by atoms with Crippen molar-refractivity contribution < 1.29 is 4.79 Å². The van der Waals surface area contributed by atoms with E-state index in [0.29, 0.717) is 5.82 Å². The SMILES string of the molecule is Cc1cc(NC(=O)c2cn[nH]n2)ncc1Br. The molecule has 7 heteroatoms. The molecule has 2 aromatic heterocycles. The number of aromatic nitrogens is 4. The Labute approximate surface area is 99.6 Å². The number of nitrogens with one attached hydrogen (secondary N) is 2. The first-order valence-electron chi connectivity index (χ1n) is 4.46. The Morgan fingerprint density at radius 2 is 2.31 bits per heavy atom. The van der Waals surface area contributed by atoms with Crippen LogP contribution in [0.3, 0.4) is 0 Å². The molecule has 0 spiro atoms. The van der Waals surface area contributed by atoms with E-state index in [-0.39, 0.29) is 11.6 Å². The van der Waals surface area contributed by atoms with E-state index < -0.39 is 0 Å². The van der Waals surface area contributed by atoms with E-state index in [4.69, 9.17) is 0 Å². The minimum Gasteiger partial charge on any atom is -0.305 e. The highest BCUT2D eigenvalue weighted by molar-refractivity contribution is 9.10. The number of carbonyl (C=O) groups is 1. The van der Waals surface area contributed by atoms with Crippen LogP contribution >= 0.6 is 15.9 Å². The topological polar surface area (TPSA) is 83.6 Å². The van der Waals surface area contributed by atoms with Crippen LogP contribution in [-0.4, -0.2) is 26.3 Å². The molecule has 0 radical (unpaired) electrons. The second-order valence-corrected chi connectivity index (χ2v) is 3.98. The molecule has 6 nitrogen and oxygen atoms in total. The summed E-state index contributed by atoms with van der Waals surface area (Å²) in [5.41, 5.74) is 1.22. The smallest absolute Gasteiger partial charge is 0.278 e. The van der Waals surface area contributed by atoms with E-state index in [9.17, 15) is 4.79 Å². The quantitative estimate of drug-likeness (QED) is 0.874. The number of amides is 1. The first-order chi connectivity index (χ1) is 7.66. The molecular weight excluding hydrogens is 274 g/mol. The van der Waals surface area contributed by atoms with Gasteiger partial charge in [-0.25, -0.2) is 4.98 Å². The third-order valence-corrected chi connectivity index (χ3v) is 2.77. The Morgan fingerprint density at radius 3 is 2.94 bits per heavy atom. The molecule has 1 amide bonds. The standard InChI is InChI=1S/C9H8BrN5O/c1-5-2-8(11-3-6(5)10)13-9(16)7-4-12-15-14-7/h2-4H,1H3,(H,11,13,16)(H,12,14,15). The van der Waals surface area contributed by atoms with Gasteiger partial charge in [0.05, 0.1) is 6.20 Å². The molecular formula is C9H8BrN5O. The lowest BCUT2D eigenvalue weighted by molar-refractivity contribution is 0.102. The molecule has 2 aromatic rings. The number of aromatic amines is 1. The molecule has 0 unspecified atom stereocenters. The summed E-state index contributed by atoms with van der Waals surface area (Å²) in [6, 6.07) is 1.77. The molecule has 0 saturated carbocycles. The van der Waals surface area contributed by atoms with Gasteiger partial charge in [0.25, 0.3) is 5.91 Å². The van der Waals surface area contributed by atoms with Crippen LogP contribution in [0.2, 0.25) is 0 Å². The lowest BCUT2D eigenvalue weighted by Crippen LogP contribution is -2.13. The van der Waals surface area contributed by atoms with Crippen molar-refractivity contribution in [3.05, 3.63) is 34.2 Å². The number of H-pyrrole nitrogens is 1. The van der Waals surface area contributed by atoms with Gasteiger partial charge in [-0.2, -0.15) is 15.4 Å². The first-order valence-corrected chi connectivity index (χ1v) is 5.25. The fourth-order valence-corrected chi connectivity index (χ4v) is 1.32. The van der Waals surface area contributed by atoms with Crippen molar-refractivity contribution in [2.75, 3.05) is 5.32 Å². The van der Waals surface area contributed by atoms with Gasteiger partial charge in [-0.3, -0.25) is 4.79 Å². The third-order valence-electron chi connectivity index (χ3n) is 1.94. The monoisotopic (exact) mass is 281 g/mol. The molecule has 0 aromatic carbocycles. The van der Waals surface area contributed by atoms with Gasteiger partial charge in [0.2, 0.25) is 0 Å². The molecule has 0 aliphatic rings. The minimum atomic E-state index is -0.344. The van der Waals surface area contributed by atoms with Crippen molar-refractivity contribution in [2.24, 2.45) is 0 Å². The van der Waals surface area contributed by atoms with Crippen molar-refractivity contribution in [1.82, 2.24) is 20.4 Å². The predicted molar refractivity (Wildman–Crippen MR) is 61.0 cm³/mol. The van der Waals surface area contributed by atoms with E-state index in [0.717, 1.165) is 10.0 Å². The molecule has 0 atom stereocenters. The number of halogens is 1. The number of pyridine rings is 1. The van der Waals surface area contributed by atoms with Gasteiger partial charge in [0.1, 0.15) is 5.82 Å². The number of anilines is 1. The maximum absolute atomic E-state index is 11.6. The summed E-state index contributed by atoms with van der Waals surface area (Å²) in [6.07, 6.45) is 2.98. The minimum absolute atomic E-state index is 0.224. The lowest BCUT2D eigenvalue weighted by atomic mass is 10.3. The van der Waals surface area contributed by atoms with Crippen molar-refractivity contribution in [3.8, 4) is 0 Å². The van der Waals surface area contributed by atoms with Crippen LogP contribution in [0.5, 0.6) is 0 Å². The van der Waals surface area contributed by atoms with Gasteiger partial charge in [-0.15, -0.1) is 0 Å².